The third kappa shape index (κ3) is 9.16. The molecule has 2 amide bonds. The number of para-hydroxylation sites is 2. The van der Waals surface area contributed by atoms with Gasteiger partial charge in [-0.15, -0.1) is 0 Å². The number of ether oxygens (including phenoxy) is 2. The van der Waals surface area contributed by atoms with Gasteiger partial charge < -0.3 is 30.9 Å². The zero-order valence-corrected chi connectivity index (χ0v) is 28.3. The second-order valence-corrected chi connectivity index (χ2v) is 12.4. The van der Waals surface area contributed by atoms with Crippen LogP contribution in [0.4, 0.5) is 0 Å². The van der Waals surface area contributed by atoms with Gasteiger partial charge in [-0.25, -0.2) is 19.6 Å². The molecule has 52 heavy (non-hydrogen) atoms. The second kappa shape index (κ2) is 16.4. The number of hydrogen-bond acceptors (Lipinski definition) is 8. The van der Waals surface area contributed by atoms with Gasteiger partial charge in [0.1, 0.15) is 23.9 Å². The van der Waals surface area contributed by atoms with E-state index in [9.17, 15) is 19.2 Å². The van der Waals surface area contributed by atoms with Gasteiger partial charge in [-0.2, -0.15) is 0 Å². The number of benzene rings is 4. The van der Waals surface area contributed by atoms with E-state index >= 15 is 0 Å². The number of nitrogens with zero attached hydrogens (tertiary/aromatic N) is 2. The molecule has 6 aromatic rings. The number of carbonyl (C=O) groups excluding carboxylic acids is 4. The highest BCUT2D eigenvalue weighted by atomic mass is 16.5. The summed E-state index contributed by atoms with van der Waals surface area (Å²) >= 11 is 0. The first-order chi connectivity index (χ1) is 25.2. The van der Waals surface area contributed by atoms with E-state index < -0.39 is 36.0 Å². The fraction of sp³-hybridized carbons (Fsp3) is 0.200. The molecule has 0 saturated carbocycles. The van der Waals surface area contributed by atoms with E-state index in [1.54, 1.807) is 24.3 Å². The molecule has 0 spiro atoms. The van der Waals surface area contributed by atoms with Crippen molar-refractivity contribution in [2.45, 2.75) is 50.7 Å². The Kier molecular flexibility index (Phi) is 11.1. The van der Waals surface area contributed by atoms with Crippen LogP contribution in [0.2, 0.25) is 0 Å². The lowest BCUT2D eigenvalue weighted by Gasteiger charge is -2.17. The number of amides is 2. The highest BCUT2D eigenvalue weighted by Gasteiger charge is 2.25. The summed E-state index contributed by atoms with van der Waals surface area (Å²) in [6.07, 6.45) is 1.84. The van der Waals surface area contributed by atoms with Crippen molar-refractivity contribution in [1.82, 2.24) is 19.9 Å². The van der Waals surface area contributed by atoms with Crippen LogP contribution in [0.15, 0.2) is 109 Å². The number of primary amides is 2. The van der Waals surface area contributed by atoms with Crippen LogP contribution in [-0.2, 0) is 54.3 Å². The van der Waals surface area contributed by atoms with Gasteiger partial charge >= 0.3 is 11.9 Å². The average molecular weight is 699 g/mol. The lowest BCUT2D eigenvalue weighted by atomic mass is 10.0. The van der Waals surface area contributed by atoms with E-state index in [1.165, 1.54) is 0 Å². The maximum absolute atomic E-state index is 13.0. The molecule has 0 fully saturated rings. The van der Waals surface area contributed by atoms with Crippen molar-refractivity contribution in [2.24, 2.45) is 11.5 Å². The van der Waals surface area contributed by atoms with Gasteiger partial charge in [0.15, 0.2) is 0 Å². The molecule has 2 atom stereocenters. The van der Waals surface area contributed by atoms with Crippen molar-refractivity contribution in [2.75, 3.05) is 0 Å². The zero-order chi connectivity index (χ0) is 36.5. The Morgan fingerprint density at radius 1 is 0.558 bits per heavy atom. The molecule has 2 heterocycles. The molecule has 0 bridgehead atoms. The van der Waals surface area contributed by atoms with Gasteiger partial charge in [0.25, 0.3) is 0 Å². The minimum absolute atomic E-state index is 0.308. The summed E-state index contributed by atoms with van der Waals surface area (Å²) in [5, 5.41) is 0. The number of aryl methyl sites for hydroxylation is 4. The maximum atomic E-state index is 13.0. The summed E-state index contributed by atoms with van der Waals surface area (Å²) < 4.78 is 11.3. The van der Waals surface area contributed by atoms with E-state index in [1.807, 2.05) is 72.8 Å². The normalized spacial score (nSPS) is 12.5. The largest absolute Gasteiger partial charge is 0.454 e. The molecule has 0 aliphatic carbocycles. The SMILES string of the molecule is NC(=O)CC(OC(=O)/C=C\C(=O)OC(CC(N)=O)c1cccc2[nH]c(CCc3ccccc3)nc12)c1cccc2[nH]c(CCc3ccccc3)nc12. The quantitative estimate of drug-likeness (QED) is 0.0783. The van der Waals surface area contributed by atoms with Crippen LogP contribution in [0, 0.1) is 0 Å². The second-order valence-electron chi connectivity index (χ2n) is 12.4. The highest BCUT2D eigenvalue weighted by molar-refractivity contribution is 5.93. The van der Waals surface area contributed by atoms with Crippen LogP contribution in [0.1, 0.15) is 59.0 Å². The third-order valence-electron chi connectivity index (χ3n) is 8.51. The number of nitrogens with two attached hydrogens (primary N) is 2. The topological polar surface area (TPSA) is 196 Å². The number of fused-ring (bicyclic) bond motifs is 2. The standard InChI is InChI=1S/C40H38N6O6/c41-33(47)23-31(27-13-7-15-29-39(27)45-35(43-29)19-17-25-9-3-1-4-10-25)51-37(49)21-22-38(50)52-32(24-34(42)48)28-14-8-16-30-40(28)46-36(44-30)20-18-26-11-5-2-6-12-26/h1-16,21-22,31-32H,17-20,23-24H2,(H2,41,47)(H2,42,48)(H,43,45)(H,44,46)/b22-21-. The predicted octanol–water partition coefficient (Wildman–Crippen LogP) is 5.19. The van der Waals surface area contributed by atoms with Crippen molar-refractivity contribution in [3.8, 4) is 0 Å². The number of imidazole rings is 2. The summed E-state index contributed by atoms with van der Waals surface area (Å²) in [5.74, 6) is -1.74. The molecular weight excluding hydrogens is 660 g/mol. The lowest BCUT2D eigenvalue weighted by Crippen LogP contribution is -2.20. The molecule has 4 aromatic carbocycles. The number of esters is 2. The average Bonchev–Trinajstić information content (AvgIpc) is 3.76. The van der Waals surface area contributed by atoms with E-state index in [2.05, 4.69) is 9.97 Å². The number of nitrogens with one attached hydrogen (secondary N) is 2. The van der Waals surface area contributed by atoms with E-state index in [-0.39, 0.29) is 12.8 Å². The number of rotatable bonds is 16. The molecule has 0 saturated heterocycles. The highest BCUT2D eigenvalue weighted by Crippen LogP contribution is 2.30. The molecule has 12 nitrogen and oxygen atoms in total. The Balaban J connectivity index is 1.14. The van der Waals surface area contributed by atoms with E-state index in [0.717, 1.165) is 47.8 Å². The van der Waals surface area contributed by atoms with Crippen LogP contribution in [0.25, 0.3) is 22.1 Å². The number of hydrogen-bond donors (Lipinski definition) is 4. The van der Waals surface area contributed by atoms with Crippen molar-refractivity contribution >= 4 is 45.8 Å². The fourth-order valence-corrected chi connectivity index (χ4v) is 6.07. The van der Waals surface area contributed by atoms with Crippen molar-refractivity contribution in [3.63, 3.8) is 0 Å². The number of H-pyrrole nitrogens is 2. The Morgan fingerprint density at radius 2 is 0.962 bits per heavy atom. The molecule has 0 aliphatic rings. The summed E-state index contributed by atoms with van der Waals surface area (Å²) in [6, 6.07) is 30.6. The Morgan fingerprint density at radius 3 is 1.35 bits per heavy atom. The number of aromatic amines is 2. The Labute approximate surface area is 299 Å². The zero-order valence-electron chi connectivity index (χ0n) is 28.3. The fourth-order valence-electron chi connectivity index (χ4n) is 6.07. The van der Waals surface area contributed by atoms with Crippen LogP contribution in [-0.4, -0.2) is 43.7 Å². The van der Waals surface area contributed by atoms with Gasteiger partial charge in [-0.05, 0) is 36.1 Å². The molecule has 0 radical (unpaired) electrons. The molecule has 6 rings (SSSR count). The summed E-state index contributed by atoms with van der Waals surface area (Å²) in [6.45, 7) is 0. The smallest absolute Gasteiger partial charge is 0.331 e. The van der Waals surface area contributed by atoms with Crippen LogP contribution >= 0.6 is 0 Å². The first kappa shape index (κ1) is 35.3. The Hall–Kier alpha value is -6.56. The van der Waals surface area contributed by atoms with Crippen LogP contribution in [0.3, 0.4) is 0 Å². The minimum Gasteiger partial charge on any atom is -0.454 e. The summed E-state index contributed by atoms with van der Waals surface area (Å²) in [5.41, 5.74) is 16.9. The van der Waals surface area contributed by atoms with Gasteiger partial charge in [-0.3, -0.25) is 9.59 Å². The predicted molar refractivity (Wildman–Crippen MR) is 194 cm³/mol. The third-order valence-corrected chi connectivity index (χ3v) is 8.51. The van der Waals surface area contributed by atoms with Gasteiger partial charge in [0.05, 0.1) is 34.9 Å². The molecule has 2 aromatic heterocycles. The molecular formula is C40H38N6O6. The Bertz CT molecular complexity index is 2070. The van der Waals surface area contributed by atoms with E-state index in [4.69, 9.17) is 30.9 Å². The van der Waals surface area contributed by atoms with Gasteiger partial charge in [-0.1, -0.05) is 84.9 Å². The maximum Gasteiger partial charge on any atom is 0.331 e. The lowest BCUT2D eigenvalue weighted by molar-refractivity contribution is -0.148. The van der Waals surface area contributed by atoms with Crippen LogP contribution in [0.5, 0.6) is 0 Å². The molecule has 2 unspecified atom stereocenters. The molecule has 12 heteroatoms. The first-order valence-corrected chi connectivity index (χ1v) is 16.9. The van der Waals surface area contributed by atoms with Crippen molar-refractivity contribution < 1.29 is 28.7 Å². The molecule has 264 valence electrons. The van der Waals surface area contributed by atoms with Crippen LogP contribution < -0.4 is 11.5 Å². The molecule has 6 N–H and O–H groups in total. The summed E-state index contributed by atoms with van der Waals surface area (Å²) in [4.78, 5) is 66.1. The van der Waals surface area contributed by atoms with Crippen molar-refractivity contribution in [3.05, 3.63) is 143 Å². The minimum atomic E-state index is -1.07. The summed E-state index contributed by atoms with van der Waals surface area (Å²) in [7, 11) is 0. The van der Waals surface area contributed by atoms with E-state index in [0.29, 0.717) is 46.0 Å². The number of carbonyl (C=O) groups is 4. The molecule has 0 aliphatic heterocycles. The first-order valence-electron chi connectivity index (χ1n) is 16.9. The number of aromatic nitrogens is 4. The monoisotopic (exact) mass is 698 g/mol. The van der Waals surface area contributed by atoms with Crippen molar-refractivity contribution in [1.29, 1.82) is 0 Å². The van der Waals surface area contributed by atoms with Gasteiger partial charge in [0, 0.05) is 36.1 Å². The van der Waals surface area contributed by atoms with Gasteiger partial charge in [0.2, 0.25) is 11.8 Å².